The lowest BCUT2D eigenvalue weighted by molar-refractivity contribution is 0.287. The molecule has 0 aliphatic heterocycles. The molecule has 0 N–H and O–H groups in total. The molecule has 2 rings (SSSR count). The normalized spacial score (nSPS) is 19.6. The van der Waals surface area contributed by atoms with E-state index in [0.29, 0.717) is 6.42 Å². The Morgan fingerprint density at radius 2 is 1.78 bits per heavy atom. The third-order valence-corrected chi connectivity index (χ3v) is 3.98. The topological polar surface area (TPSA) is 23.8 Å². The van der Waals surface area contributed by atoms with Crippen LogP contribution in [0.5, 0.6) is 0 Å². The van der Waals surface area contributed by atoms with Gasteiger partial charge in [0.05, 0.1) is 11.5 Å². The summed E-state index contributed by atoms with van der Waals surface area (Å²) in [5.41, 5.74) is 0.686. The van der Waals surface area contributed by atoms with E-state index in [1.165, 1.54) is 25.3 Å². The Kier molecular flexibility index (Phi) is 4.36. The van der Waals surface area contributed by atoms with Gasteiger partial charge in [0.25, 0.3) is 0 Å². The highest BCUT2D eigenvalue weighted by Crippen LogP contribution is 2.36. The molecule has 1 aliphatic rings. The summed E-state index contributed by atoms with van der Waals surface area (Å²) in [6, 6.07) is 9.22. The van der Waals surface area contributed by atoms with Gasteiger partial charge in [-0.15, -0.1) is 0 Å². The van der Waals surface area contributed by atoms with Crippen LogP contribution in [-0.4, -0.2) is 0 Å². The first-order chi connectivity index (χ1) is 8.74. The third-order valence-electron chi connectivity index (χ3n) is 3.98. The van der Waals surface area contributed by atoms with Gasteiger partial charge in [-0.1, -0.05) is 44.2 Å². The van der Waals surface area contributed by atoms with Crippen LogP contribution in [0.1, 0.15) is 50.5 Å². The Balaban J connectivity index is 2.13. The summed E-state index contributed by atoms with van der Waals surface area (Å²) in [6.07, 6.45) is 8.62. The molecule has 0 saturated heterocycles. The summed E-state index contributed by atoms with van der Waals surface area (Å²) in [4.78, 5) is 0. The molecule has 1 saturated carbocycles. The van der Waals surface area contributed by atoms with Crippen LogP contribution in [0.25, 0.3) is 0 Å². The Bertz CT molecular complexity index is 425. The van der Waals surface area contributed by atoms with E-state index in [1.807, 2.05) is 6.07 Å². The van der Waals surface area contributed by atoms with Crippen molar-refractivity contribution in [2.75, 3.05) is 0 Å². The zero-order valence-corrected chi connectivity index (χ0v) is 10.8. The Labute approximate surface area is 109 Å². The first-order valence-corrected chi connectivity index (χ1v) is 6.90. The first kappa shape index (κ1) is 13.1. The highest BCUT2D eigenvalue weighted by molar-refractivity contribution is 5.20. The molecule has 0 spiro atoms. The smallest absolute Gasteiger partial charge is 0.123 e. The molecule has 2 heteroatoms. The van der Waals surface area contributed by atoms with Gasteiger partial charge in [-0.05, 0) is 37.0 Å². The summed E-state index contributed by atoms with van der Waals surface area (Å²) in [7, 11) is 0. The number of benzene rings is 1. The molecule has 1 nitrogen and oxygen atoms in total. The van der Waals surface area contributed by atoms with E-state index in [9.17, 15) is 9.65 Å². The molecule has 0 radical (unpaired) electrons. The van der Waals surface area contributed by atoms with Crippen LogP contribution in [0.2, 0.25) is 0 Å². The van der Waals surface area contributed by atoms with Crippen LogP contribution in [0.3, 0.4) is 0 Å². The Hall–Kier alpha value is -1.36. The van der Waals surface area contributed by atoms with E-state index in [1.54, 1.807) is 12.1 Å². The molecule has 96 valence electrons. The molecule has 1 aliphatic carbocycles. The van der Waals surface area contributed by atoms with E-state index in [0.717, 1.165) is 31.2 Å². The van der Waals surface area contributed by atoms with Crippen LogP contribution < -0.4 is 0 Å². The van der Waals surface area contributed by atoms with Crippen molar-refractivity contribution < 1.29 is 4.39 Å². The average molecular weight is 245 g/mol. The predicted molar refractivity (Wildman–Crippen MR) is 70.5 cm³/mol. The van der Waals surface area contributed by atoms with Crippen molar-refractivity contribution in [1.29, 1.82) is 5.26 Å². The van der Waals surface area contributed by atoms with Gasteiger partial charge in [-0.2, -0.15) is 5.26 Å². The fourth-order valence-electron chi connectivity index (χ4n) is 2.95. The van der Waals surface area contributed by atoms with Crippen molar-refractivity contribution >= 4 is 0 Å². The summed E-state index contributed by atoms with van der Waals surface area (Å²) < 4.78 is 13.2. The highest BCUT2D eigenvalue weighted by Gasteiger charge is 2.30. The number of hydrogen-bond donors (Lipinski definition) is 0. The van der Waals surface area contributed by atoms with Gasteiger partial charge in [-0.25, -0.2) is 4.39 Å². The quantitative estimate of drug-likeness (QED) is 0.745. The Morgan fingerprint density at radius 3 is 2.39 bits per heavy atom. The van der Waals surface area contributed by atoms with Crippen molar-refractivity contribution in [3.05, 3.63) is 35.6 Å². The van der Waals surface area contributed by atoms with Crippen molar-refractivity contribution in [2.24, 2.45) is 5.41 Å². The first-order valence-electron chi connectivity index (χ1n) is 6.90. The molecule has 0 amide bonds. The maximum atomic E-state index is 13.2. The summed E-state index contributed by atoms with van der Waals surface area (Å²) in [6.45, 7) is 0. The van der Waals surface area contributed by atoms with E-state index in [2.05, 4.69) is 6.07 Å². The molecule has 1 aromatic carbocycles. The molecule has 1 aromatic rings. The lowest BCUT2D eigenvalue weighted by atomic mass is 9.73. The minimum atomic E-state index is -0.270. The zero-order valence-electron chi connectivity index (χ0n) is 10.8. The molecular weight excluding hydrogens is 225 g/mol. The van der Waals surface area contributed by atoms with Crippen molar-refractivity contribution in [3.63, 3.8) is 0 Å². The van der Waals surface area contributed by atoms with E-state index >= 15 is 0 Å². The van der Waals surface area contributed by atoms with Crippen LogP contribution >= 0.6 is 0 Å². The second-order valence-corrected chi connectivity index (χ2v) is 5.47. The molecule has 1 fully saturated rings. The van der Waals surface area contributed by atoms with Crippen molar-refractivity contribution in [3.8, 4) is 6.07 Å². The van der Waals surface area contributed by atoms with Crippen LogP contribution in [-0.2, 0) is 6.42 Å². The van der Waals surface area contributed by atoms with Crippen LogP contribution in [0, 0.1) is 22.6 Å². The SMILES string of the molecule is N#CC1(Cc2cccc(F)c2)CCCCCCC1. The number of hydrogen-bond acceptors (Lipinski definition) is 1. The monoisotopic (exact) mass is 245 g/mol. The van der Waals surface area contributed by atoms with Gasteiger partial charge >= 0.3 is 0 Å². The summed E-state index contributed by atoms with van der Waals surface area (Å²) in [5.74, 6) is -0.202. The van der Waals surface area contributed by atoms with Crippen LogP contribution in [0.4, 0.5) is 4.39 Å². The molecular formula is C16H20FN. The Morgan fingerprint density at radius 1 is 1.11 bits per heavy atom. The zero-order chi connectivity index (χ0) is 12.8. The maximum absolute atomic E-state index is 13.2. The second-order valence-electron chi connectivity index (χ2n) is 5.47. The van der Waals surface area contributed by atoms with Gasteiger partial charge in [0.2, 0.25) is 0 Å². The lowest BCUT2D eigenvalue weighted by Gasteiger charge is -2.28. The number of nitrogens with zero attached hydrogens (tertiary/aromatic N) is 1. The molecule has 18 heavy (non-hydrogen) atoms. The molecule has 0 aromatic heterocycles. The fraction of sp³-hybridized carbons (Fsp3) is 0.562. The van der Waals surface area contributed by atoms with Gasteiger partial charge in [0, 0.05) is 0 Å². The maximum Gasteiger partial charge on any atom is 0.123 e. The molecule has 0 atom stereocenters. The van der Waals surface area contributed by atoms with Crippen molar-refractivity contribution in [1.82, 2.24) is 0 Å². The van der Waals surface area contributed by atoms with Crippen LogP contribution in [0.15, 0.2) is 24.3 Å². The minimum Gasteiger partial charge on any atom is -0.207 e. The number of rotatable bonds is 2. The average Bonchev–Trinajstić information content (AvgIpc) is 2.33. The summed E-state index contributed by atoms with van der Waals surface area (Å²) in [5, 5.41) is 9.55. The molecule has 0 unspecified atom stereocenters. The molecule has 0 bridgehead atoms. The van der Waals surface area contributed by atoms with Gasteiger partial charge in [0.1, 0.15) is 5.82 Å². The molecule has 0 heterocycles. The number of nitriles is 1. The summed E-state index contributed by atoms with van der Waals surface area (Å²) >= 11 is 0. The fourth-order valence-corrected chi connectivity index (χ4v) is 2.95. The minimum absolute atomic E-state index is 0.202. The second kappa shape index (κ2) is 6.00. The third kappa shape index (κ3) is 3.32. The van der Waals surface area contributed by atoms with E-state index in [-0.39, 0.29) is 11.2 Å². The van der Waals surface area contributed by atoms with Gasteiger partial charge < -0.3 is 0 Å². The highest BCUT2D eigenvalue weighted by atomic mass is 19.1. The lowest BCUT2D eigenvalue weighted by Crippen LogP contribution is -2.23. The number of halogens is 1. The largest absolute Gasteiger partial charge is 0.207 e. The van der Waals surface area contributed by atoms with Gasteiger partial charge in [0.15, 0.2) is 0 Å². The van der Waals surface area contributed by atoms with E-state index < -0.39 is 0 Å². The van der Waals surface area contributed by atoms with Crippen molar-refractivity contribution in [2.45, 2.75) is 51.4 Å². The standard InChI is InChI=1S/C16H20FN/c17-15-8-6-7-14(11-15)12-16(13-18)9-4-2-1-3-5-10-16/h6-8,11H,1-5,9-10,12H2. The van der Waals surface area contributed by atoms with Gasteiger partial charge in [-0.3, -0.25) is 0 Å². The predicted octanol–water partition coefficient (Wildman–Crippen LogP) is 4.62. The van der Waals surface area contributed by atoms with E-state index in [4.69, 9.17) is 0 Å².